The first-order valence-corrected chi connectivity index (χ1v) is 9.26. The number of fused-ring (bicyclic) bond motifs is 1. The largest absolute Gasteiger partial charge is 0.497 e. The lowest BCUT2D eigenvalue weighted by atomic mass is 9.84. The van der Waals surface area contributed by atoms with Crippen LogP contribution in [0.25, 0.3) is 0 Å². The maximum atomic E-state index is 13.4. The second kappa shape index (κ2) is 7.00. The summed E-state index contributed by atoms with van der Waals surface area (Å²) in [6.45, 7) is 0. The van der Waals surface area contributed by atoms with Crippen LogP contribution in [0.4, 0.5) is 5.69 Å². The Labute approximate surface area is 164 Å². The zero-order valence-electron chi connectivity index (χ0n) is 16.0. The molecule has 0 radical (unpaired) electrons. The van der Waals surface area contributed by atoms with Crippen LogP contribution in [0.2, 0.25) is 0 Å². The van der Waals surface area contributed by atoms with E-state index in [-0.39, 0.29) is 18.1 Å². The SMILES string of the molecule is COc1cccc(C(=O)CC[C@]2(n3cccc3)C(=O)N(C)c3ccccc32)c1. The molecule has 1 aliphatic rings. The normalized spacial score (nSPS) is 18.2. The zero-order chi connectivity index (χ0) is 19.7. The molecular formula is C23H22N2O3. The summed E-state index contributed by atoms with van der Waals surface area (Å²) in [7, 11) is 3.37. The minimum absolute atomic E-state index is 0.00901. The minimum atomic E-state index is -0.913. The van der Waals surface area contributed by atoms with Crippen molar-refractivity contribution < 1.29 is 14.3 Å². The molecule has 2 aromatic carbocycles. The van der Waals surface area contributed by atoms with Crippen molar-refractivity contribution in [2.45, 2.75) is 18.4 Å². The molecule has 0 saturated heterocycles. The average Bonchev–Trinajstić information content (AvgIpc) is 3.34. The van der Waals surface area contributed by atoms with Crippen LogP contribution in [0.15, 0.2) is 73.1 Å². The molecule has 1 amide bonds. The van der Waals surface area contributed by atoms with Crippen molar-refractivity contribution in [2.24, 2.45) is 0 Å². The quantitative estimate of drug-likeness (QED) is 0.615. The van der Waals surface area contributed by atoms with Crippen LogP contribution in [0, 0.1) is 0 Å². The van der Waals surface area contributed by atoms with Crippen LogP contribution in [0.5, 0.6) is 5.75 Å². The number of para-hydroxylation sites is 1. The number of ether oxygens (including phenoxy) is 1. The van der Waals surface area contributed by atoms with Crippen LogP contribution in [-0.2, 0) is 10.3 Å². The van der Waals surface area contributed by atoms with Gasteiger partial charge in [0.15, 0.2) is 11.3 Å². The summed E-state index contributed by atoms with van der Waals surface area (Å²) in [5.74, 6) is 0.613. The van der Waals surface area contributed by atoms with Crippen LogP contribution >= 0.6 is 0 Å². The molecule has 3 aromatic rings. The molecule has 4 rings (SSSR count). The molecule has 0 bridgehead atoms. The Hall–Kier alpha value is -3.34. The summed E-state index contributed by atoms with van der Waals surface area (Å²) in [6, 6.07) is 18.7. The van der Waals surface area contributed by atoms with Gasteiger partial charge in [-0.25, -0.2) is 0 Å². The Bertz CT molecular complexity index is 1030. The summed E-state index contributed by atoms with van der Waals surface area (Å²) in [4.78, 5) is 28.0. The molecule has 2 heterocycles. The van der Waals surface area contributed by atoms with Gasteiger partial charge in [0.1, 0.15) is 5.75 Å². The fourth-order valence-corrected chi connectivity index (χ4v) is 4.06. The molecule has 5 heteroatoms. The van der Waals surface area contributed by atoms with Crippen molar-refractivity contribution in [1.82, 2.24) is 4.57 Å². The van der Waals surface area contributed by atoms with E-state index < -0.39 is 5.54 Å². The van der Waals surface area contributed by atoms with Gasteiger partial charge in [0.25, 0.3) is 5.91 Å². The number of rotatable bonds is 6. The zero-order valence-corrected chi connectivity index (χ0v) is 16.0. The van der Waals surface area contributed by atoms with Gasteiger partial charge in [-0.3, -0.25) is 9.59 Å². The highest BCUT2D eigenvalue weighted by molar-refractivity contribution is 6.08. The fourth-order valence-electron chi connectivity index (χ4n) is 4.06. The van der Waals surface area contributed by atoms with Gasteiger partial charge >= 0.3 is 0 Å². The van der Waals surface area contributed by atoms with Gasteiger partial charge in [0.05, 0.1) is 7.11 Å². The maximum absolute atomic E-state index is 13.4. The number of carbonyl (C=O) groups excluding carboxylic acids is 2. The van der Waals surface area contributed by atoms with Crippen LogP contribution in [0.3, 0.4) is 0 Å². The van der Waals surface area contributed by atoms with Gasteiger partial charge in [-0.05, 0) is 36.8 Å². The van der Waals surface area contributed by atoms with Gasteiger partial charge in [0, 0.05) is 42.7 Å². The monoisotopic (exact) mass is 374 g/mol. The number of Topliss-reactive ketones (excluding diaryl/α,β-unsaturated/α-hetero) is 1. The molecule has 1 aromatic heterocycles. The molecule has 28 heavy (non-hydrogen) atoms. The van der Waals surface area contributed by atoms with E-state index in [1.807, 2.05) is 59.4 Å². The van der Waals surface area contributed by atoms with Gasteiger partial charge in [-0.15, -0.1) is 0 Å². The van der Waals surface area contributed by atoms with Crippen molar-refractivity contribution in [2.75, 3.05) is 19.1 Å². The van der Waals surface area contributed by atoms with Crippen molar-refractivity contribution in [3.8, 4) is 5.75 Å². The first kappa shape index (κ1) is 18.0. The van der Waals surface area contributed by atoms with E-state index in [2.05, 4.69) is 0 Å². The number of methoxy groups -OCH3 is 1. The third-order valence-corrected chi connectivity index (χ3v) is 5.52. The first-order valence-electron chi connectivity index (χ1n) is 9.26. The molecule has 0 N–H and O–H groups in total. The summed E-state index contributed by atoms with van der Waals surface area (Å²) in [5.41, 5.74) is 1.49. The van der Waals surface area contributed by atoms with Crippen LogP contribution in [-0.4, -0.2) is 30.4 Å². The lowest BCUT2D eigenvalue weighted by Gasteiger charge is -2.30. The topological polar surface area (TPSA) is 51.5 Å². The van der Waals surface area contributed by atoms with Gasteiger partial charge in [-0.2, -0.15) is 0 Å². The summed E-state index contributed by atoms with van der Waals surface area (Å²) in [6.07, 6.45) is 4.42. The standard InChI is InChI=1S/C23H22N2O3/c1-24-20-11-4-3-10-19(20)23(22(24)27,25-14-5-6-15-25)13-12-21(26)17-8-7-9-18(16-17)28-2/h3-11,14-16H,12-13H2,1-2H3/t23-/m1/s1. The summed E-state index contributed by atoms with van der Waals surface area (Å²) in [5, 5.41) is 0. The molecule has 0 unspecified atom stereocenters. The molecule has 142 valence electrons. The molecule has 0 spiro atoms. The molecule has 0 fully saturated rings. The number of aromatic nitrogens is 1. The minimum Gasteiger partial charge on any atom is -0.497 e. The molecule has 1 atom stereocenters. The van der Waals surface area contributed by atoms with Crippen molar-refractivity contribution >= 4 is 17.4 Å². The average molecular weight is 374 g/mol. The van der Waals surface area contributed by atoms with Gasteiger partial charge in [-0.1, -0.05) is 30.3 Å². The second-order valence-electron chi connectivity index (χ2n) is 6.99. The summed E-state index contributed by atoms with van der Waals surface area (Å²) >= 11 is 0. The number of carbonyl (C=O) groups is 2. The van der Waals surface area contributed by atoms with Gasteiger partial charge < -0.3 is 14.2 Å². The number of hydrogen-bond acceptors (Lipinski definition) is 3. The van der Waals surface area contributed by atoms with E-state index in [1.54, 1.807) is 37.3 Å². The molecule has 0 aliphatic carbocycles. The highest BCUT2D eigenvalue weighted by atomic mass is 16.5. The maximum Gasteiger partial charge on any atom is 0.257 e. The van der Waals surface area contributed by atoms with Crippen LogP contribution in [0.1, 0.15) is 28.8 Å². The lowest BCUT2D eigenvalue weighted by molar-refractivity contribution is -0.124. The van der Waals surface area contributed by atoms with Crippen LogP contribution < -0.4 is 9.64 Å². The Morgan fingerprint density at radius 1 is 1.04 bits per heavy atom. The third kappa shape index (κ3) is 2.71. The molecule has 1 aliphatic heterocycles. The second-order valence-corrected chi connectivity index (χ2v) is 6.99. The Kier molecular flexibility index (Phi) is 4.51. The lowest BCUT2D eigenvalue weighted by Crippen LogP contribution is -2.44. The first-order chi connectivity index (χ1) is 13.6. The van der Waals surface area contributed by atoms with E-state index in [9.17, 15) is 9.59 Å². The number of nitrogens with zero attached hydrogens (tertiary/aromatic N) is 2. The Morgan fingerprint density at radius 2 is 1.79 bits per heavy atom. The van der Waals surface area contributed by atoms with E-state index >= 15 is 0 Å². The molecule has 0 saturated carbocycles. The van der Waals surface area contributed by atoms with E-state index in [1.165, 1.54) is 0 Å². The summed E-state index contributed by atoms with van der Waals surface area (Å²) < 4.78 is 7.15. The van der Waals surface area contributed by atoms with E-state index in [0.29, 0.717) is 17.7 Å². The van der Waals surface area contributed by atoms with Gasteiger partial charge in [0.2, 0.25) is 0 Å². The number of benzene rings is 2. The number of likely N-dealkylation sites (N-methyl/N-ethyl adjacent to an activating group) is 1. The Morgan fingerprint density at radius 3 is 2.54 bits per heavy atom. The highest BCUT2D eigenvalue weighted by Gasteiger charge is 2.50. The van der Waals surface area contributed by atoms with Crippen molar-refractivity contribution in [1.29, 1.82) is 0 Å². The highest BCUT2D eigenvalue weighted by Crippen LogP contribution is 2.45. The number of hydrogen-bond donors (Lipinski definition) is 0. The number of amides is 1. The van der Waals surface area contributed by atoms with E-state index in [0.717, 1.165) is 11.3 Å². The fraction of sp³-hybridized carbons (Fsp3) is 0.217. The smallest absolute Gasteiger partial charge is 0.257 e. The molecular weight excluding hydrogens is 352 g/mol. The molecule has 5 nitrogen and oxygen atoms in total. The predicted octanol–water partition coefficient (Wildman–Crippen LogP) is 3.88. The van der Waals surface area contributed by atoms with Crippen molar-refractivity contribution in [3.05, 3.63) is 84.2 Å². The predicted molar refractivity (Wildman–Crippen MR) is 108 cm³/mol. The van der Waals surface area contributed by atoms with Crippen molar-refractivity contribution in [3.63, 3.8) is 0 Å². The van der Waals surface area contributed by atoms with E-state index in [4.69, 9.17) is 4.74 Å². The number of anilines is 1. The Balaban J connectivity index is 1.71. The third-order valence-electron chi connectivity index (χ3n) is 5.52. The number of ketones is 1.